The van der Waals surface area contributed by atoms with Crippen LogP contribution in [0.15, 0.2) is 36.4 Å². The molecule has 2 nitrogen and oxygen atoms in total. The fraction of sp³-hybridized carbons (Fsp3) is 0.368. The molecule has 0 fully saturated rings. The Labute approximate surface area is 131 Å². The second-order valence-electron chi connectivity index (χ2n) is 6.06. The molecule has 0 unspecified atom stereocenters. The van der Waals surface area contributed by atoms with Gasteiger partial charge in [-0.2, -0.15) is 0 Å². The van der Waals surface area contributed by atoms with Crippen molar-refractivity contribution in [1.29, 1.82) is 0 Å². The molecule has 0 saturated carbocycles. The first-order chi connectivity index (χ1) is 10.6. The summed E-state index contributed by atoms with van der Waals surface area (Å²) in [6.07, 6.45) is 2.13. The second-order valence-corrected chi connectivity index (χ2v) is 6.06. The van der Waals surface area contributed by atoms with E-state index in [9.17, 15) is 4.39 Å². The van der Waals surface area contributed by atoms with E-state index in [2.05, 4.69) is 36.6 Å². The number of fused-ring (bicyclic) bond motifs is 1. The number of anilines is 1. The number of hydrogen-bond acceptors (Lipinski definition) is 2. The van der Waals surface area contributed by atoms with Crippen LogP contribution in [0.3, 0.4) is 0 Å². The molecule has 22 heavy (non-hydrogen) atoms. The van der Waals surface area contributed by atoms with Crippen LogP contribution in [-0.4, -0.2) is 13.1 Å². The first kappa shape index (κ1) is 15.0. The van der Waals surface area contributed by atoms with Gasteiger partial charge in [-0.05, 0) is 74.2 Å². The van der Waals surface area contributed by atoms with Gasteiger partial charge in [0, 0.05) is 11.7 Å². The summed E-state index contributed by atoms with van der Waals surface area (Å²) in [7, 11) is 0. The van der Waals surface area contributed by atoms with Crippen molar-refractivity contribution in [1.82, 2.24) is 5.32 Å². The normalized spacial score (nSPS) is 15.8. The molecule has 2 N–H and O–H groups in total. The molecule has 3 rings (SSSR count). The maximum Gasteiger partial charge on any atom is 0.123 e. The smallest absolute Gasteiger partial charge is 0.123 e. The van der Waals surface area contributed by atoms with Crippen LogP contribution in [0.1, 0.15) is 35.2 Å². The molecule has 0 saturated heterocycles. The third-order valence-electron chi connectivity index (χ3n) is 4.47. The molecule has 0 spiro atoms. The zero-order valence-corrected chi connectivity index (χ0v) is 13.2. The van der Waals surface area contributed by atoms with Gasteiger partial charge in [0.2, 0.25) is 0 Å². The predicted octanol–water partition coefficient (Wildman–Crippen LogP) is 4.00. The van der Waals surface area contributed by atoms with Crippen molar-refractivity contribution in [2.45, 2.75) is 32.7 Å². The molecule has 0 bridgehead atoms. The van der Waals surface area contributed by atoms with Gasteiger partial charge in [0.15, 0.2) is 0 Å². The fourth-order valence-electron chi connectivity index (χ4n) is 3.14. The summed E-state index contributed by atoms with van der Waals surface area (Å²) in [5.74, 6) is -0.188. The van der Waals surface area contributed by atoms with Crippen LogP contribution in [0.25, 0.3) is 0 Å². The van der Waals surface area contributed by atoms with Gasteiger partial charge in [0.1, 0.15) is 5.82 Å². The van der Waals surface area contributed by atoms with Gasteiger partial charge in [-0.15, -0.1) is 0 Å². The zero-order chi connectivity index (χ0) is 15.5. The van der Waals surface area contributed by atoms with Crippen molar-refractivity contribution in [3.63, 3.8) is 0 Å². The molecule has 2 aromatic carbocycles. The molecule has 0 aromatic heterocycles. The largest absolute Gasteiger partial charge is 0.378 e. The molecular weight excluding hydrogens is 275 g/mol. The van der Waals surface area contributed by atoms with Crippen molar-refractivity contribution >= 4 is 5.69 Å². The summed E-state index contributed by atoms with van der Waals surface area (Å²) < 4.78 is 13.1. The summed E-state index contributed by atoms with van der Waals surface area (Å²) in [5.41, 5.74) is 6.49. The Bertz CT molecular complexity index is 649. The van der Waals surface area contributed by atoms with E-state index >= 15 is 0 Å². The molecule has 1 aliphatic rings. The maximum atomic E-state index is 13.1. The molecule has 1 heterocycles. The van der Waals surface area contributed by atoms with Crippen LogP contribution >= 0.6 is 0 Å². The highest BCUT2D eigenvalue weighted by Crippen LogP contribution is 2.30. The van der Waals surface area contributed by atoms with Crippen LogP contribution < -0.4 is 10.6 Å². The highest BCUT2D eigenvalue weighted by molar-refractivity contribution is 5.61. The maximum absolute atomic E-state index is 13.1. The van der Waals surface area contributed by atoms with E-state index in [1.165, 1.54) is 34.5 Å². The summed E-state index contributed by atoms with van der Waals surface area (Å²) >= 11 is 0. The van der Waals surface area contributed by atoms with Crippen LogP contribution in [0, 0.1) is 12.7 Å². The van der Waals surface area contributed by atoms with E-state index < -0.39 is 0 Å². The number of nitrogens with one attached hydrogen (secondary N) is 2. The van der Waals surface area contributed by atoms with Crippen molar-refractivity contribution in [2.24, 2.45) is 0 Å². The third-order valence-corrected chi connectivity index (χ3v) is 4.47. The zero-order valence-electron chi connectivity index (χ0n) is 13.2. The first-order valence-corrected chi connectivity index (χ1v) is 7.99. The standard InChI is InChI=1S/C19H23FN2/c1-13-3-4-16-9-11-21-12-10-18(16)19(13)22-14(2)15-5-7-17(20)8-6-15/h3-8,14,21-22H,9-12H2,1-2H3/t14-/m0/s1. The summed E-state index contributed by atoms with van der Waals surface area (Å²) in [6.45, 7) is 6.35. The molecule has 3 heteroatoms. The molecular formula is C19H23FN2. The topological polar surface area (TPSA) is 24.1 Å². The minimum atomic E-state index is -0.188. The van der Waals surface area contributed by atoms with Gasteiger partial charge >= 0.3 is 0 Å². The average Bonchev–Trinajstić information content (AvgIpc) is 2.76. The minimum Gasteiger partial charge on any atom is -0.378 e. The Kier molecular flexibility index (Phi) is 4.44. The predicted molar refractivity (Wildman–Crippen MR) is 89.9 cm³/mol. The van der Waals surface area contributed by atoms with Gasteiger partial charge in [-0.3, -0.25) is 0 Å². The van der Waals surface area contributed by atoms with Crippen molar-refractivity contribution < 1.29 is 4.39 Å². The fourth-order valence-corrected chi connectivity index (χ4v) is 3.14. The molecule has 1 atom stereocenters. The highest BCUT2D eigenvalue weighted by atomic mass is 19.1. The van der Waals surface area contributed by atoms with Crippen molar-refractivity contribution in [3.8, 4) is 0 Å². The van der Waals surface area contributed by atoms with E-state index in [-0.39, 0.29) is 11.9 Å². The molecule has 2 aromatic rings. The van der Waals surface area contributed by atoms with Crippen LogP contribution in [0.4, 0.5) is 10.1 Å². The van der Waals surface area contributed by atoms with Crippen LogP contribution in [0.2, 0.25) is 0 Å². The third kappa shape index (κ3) is 3.14. The van der Waals surface area contributed by atoms with Crippen LogP contribution in [0.5, 0.6) is 0 Å². The lowest BCUT2D eigenvalue weighted by molar-refractivity contribution is 0.626. The number of hydrogen-bond donors (Lipinski definition) is 2. The minimum absolute atomic E-state index is 0.155. The van der Waals surface area contributed by atoms with E-state index in [1.54, 1.807) is 0 Å². The van der Waals surface area contributed by atoms with E-state index in [0.717, 1.165) is 31.5 Å². The van der Waals surface area contributed by atoms with E-state index in [4.69, 9.17) is 0 Å². The summed E-state index contributed by atoms with van der Waals surface area (Å²) in [4.78, 5) is 0. The molecule has 0 radical (unpaired) electrons. The quantitative estimate of drug-likeness (QED) is 0.895. The van der Waals surface area contributed by atoms with Gasteiger partial charge in [0.05, 0.1) is 0 Å². The van der Waals surface area contributed by atoms with Gasteiger partial charge in [-0.1, -0.05) is 24.3 Å². The van der Waals surface area contributed by atoms with Gasteiger partial charge in [0.25, 0.3) is 0 Å². The lowest BCUT2D eigenvalue weighted by Gasteiger charge is -2.22. The molecule has 116 valence electrons. The van der Waals surface area contributed by atoms with E-state index in [1.807, 2.05) is 12.1 Å². The number of rotatable bonds is 3. The summed E-state index contributed by atoms with van der Waals surface area (Å²) in [5, 5.41) is 7.11. The number of benzene rings is 2. The van der Waals surface area contributed by atoms with Gasteiger partial charge < -0.3 is 10.6 Å². The monoisotopic (exact) mass is 298 g/mol. The number of aryl methyl sites for hydroxylation is 1. The first-order valence-electron chi connectivity index (χ1n) is 7.99. The Hall–Kier alpha value is -1.87. The average molecular weight is 298 g/mol. The van der Waals surface area contributed by atoms with Crippen molar-refractivity contribution in [2.75, 3.05) is 18.4 Å². The number of halogens is 1. The van der Waals surface area contributed by atoms with Crippen molar-refractivity contribution in [3.05, 3.63) is 64.5 Å². The lowest BCUT2D eigenvalue weighted by atomic mass is 9.96. The molecule has 0 amide bonds. The lowest BCUT2D eigenvalue weighted by Crippen LogP contribution is -2.16. The van der Waals surface area contributed by atoms with E-state index in [0.29, 0.717) is 0 Å². The second kappa shape index (κ2) is 6.49. The molecule has 1 aliphatic heterocycles. The molecule has 0 aliphatic carbocycles. The Morgan fingerprint density at radius 1 is 1.05 bits per heavy atom. The highest BCUT2D eigenvalue weighted by Gasteiger charge is 2.16. The Morgan fingerprint density at radius 2 is 1.77 bits per heavy atom. The Morgan fingerprint density at radius 3 is 2.55 bits per heavy atom. The SMILES string of the molecule is Cc1ccc2c(c1N[C@@H](C)c1ccc(F)cc1)CCNCC2. The van der Waals surface area contributed by atoms with Gasteiger partial charge in [-0.25, -0.2) is 4.39 Å². The Balaban J connectivity index is 1.89. The van der Waals surface area contributed by atoms with Crippen LogP contribution in [-0.2, 0) is 12.8 Å². The summed E-state index contributed by atoms with van der Waals surface area (Å²) in [6, 6.07) is 11.4.